The molecule has 0 spiro atoms. The minimum atomic E-state index is -0.204. The molecule has 4 heteroatoms. The Hall–Kier alpha value is -3.53. The summed E-state index contributed by atoms with van der Waals surface area (Å²) in [5.41, 5.74) is 9.62. The number of carbonyl (C=O) groups is 1. The molecule has 190 valence electrons. The molecule has 4 nitrogen and oxygen atoms in total. The van der Waals surface area contributed by atoms with E-state index in [4.69, 9.17) is 0 Å². The van der Waals surface area contributed by atoms with Gasteiger partial charge >= 0.3 is 0 Å². The molecule has 0 aliphatic heterocycles. The molecule has 1 amide bonds. The van der Waals surface area contributed by atoms with Crippen LogP contribution in [0.2, 0.25) is 0 Å². The SMILES string of the molecule is C=CC(=O)Nc1ccc(C(c2cc(N(CC)CC)ccc2C)c2cc(N(CC)CC)ccc2C)cc1. The molecule has 36 heavy (non-hydrogen) atoms. The van der Waals surface area contributed by atoms with Crippen molar-refractivity contribution < 1.29 is 4.79 Å². The lowest BCUT2D eigenvalue weighted by molar-refractivity contribution is -0.111. The van der Waals surface area contributed by atoms with Crippen molar-refractivity contribution in [2.24, 2.45) is 0 Å². The van der Waals surface area contributed by atoms with E-state index in [-0.39, 0.29) is 11.8 Å². The molecule has 0 radical (unpaired) electrons. The number of benzene rings is 3. The summed E-state index contributed by atoms with van der Waals surface area (Å²) >= 11 is 0. The number of nitrogens with zero attached hydrogens (tertiary/aromatic N) is 2. The summed E-state index contributed by atoms with van der Waals surface area (Å²) in [5.74, 6) is -0.134. The highest BCUT2D eigenvalue weighted by molar-refractivity contribution is 5.98. The van der Waals surface area contributed by atoms with Gasteiger partial charge in [-0.1, -0.05) is 30.8 Å². The summed E-state index contributed by atoms with van der Waals surface area (Å²) in [6, 6.07) is 21.9. The van der Waals surface area contributed by atoms with Crippen molar-refractivity contribution in [1.82, 2.24) is 0 Å². The van der Waals surface area contributed by atoms with E-state index in [0.29, 0.717) is 0 Å². The van der Waals surface area contributed by atoms with Gasteiger partial charge in [0, 0.05) is 49.2 Å². The van der Waals surface area contributed by atoms with Crippen LogP contribution in [0, 0.1) is 13.8 Å². The van der Waals surface area contributed by atoms with E-state index in [1.54, 1.807) is 0 Å². The molecule has 0 fully saturated rings. The van der Waals surface area contributed by atoms with Crippen molar-refractivity contribution in [2.75, 3.05) is 41.3 Å². The highest BCUT2D eigenvalue weighted by Crippen LogP contribution is 2.39. The zero-order valence-corrected chi connectivity index (χ0v) is 22.8. The molecule has 1 N–H and O–H groups in total. The van der Waals surface area contributed by atoms with Crippen LogP contribution in [0.25, 0.3) is 0 Å². The number of anilines is 3. The Morgan fingerprint density at radius 3 is 1.61 bits per heavy atom. The van der Waals surface area contributed by atoms with E-state index in [1.807, 2.05) is 12.1 Å². The summed E-state index contributed by atoms with van der Waals surface area (Å²) < 4.78 is 0. The van der Waals surface area contributed by atoms with Gasteiger partial charge in [0.25, 0.3) is 0 Å². The third-order valence-electron chi connectivity index (χ3n) is 7.10. The van der Waals surface area contributed by atoms with Crippen LogP contribution in [0.1, 0.15) is 61.4 Å². The van der Waals surface area contributed by atoms with Gasteiger partial charge in [-0.05, 0) is 112 Å². The lowest BCUT2D eigenvalue weighted by atomic mass is 9.80. The average molecular weight is 484 g/mol. The lowest BCUT2D eigenvalue weighted by Gasteiger charge is -2.28. The Morgan fingerprint density at radius 1 is 0.778 bits per heavy atom. The van der Waals surface area contributed by atoms with E-state index in [9.17, 15) is 4.79 Å². The Labute approximate surface area is 217 Å². The molecule has 0 unspecified atom stereocenters. The predicted octanol–water partition coefficient (Wildman–Crippen LogP) is 7.30. The molecule has 0 aliphatic rings. The van der Waals surface area contributed by atoms with E-state index >= 15 is 0 Å². The zero-order chi connectivity index (χ0) is 26.2. The number of nitrogens with one attached hydrogen (secondary N) is 1. The van der Waals surface area contributed by atoms with Crippen molar-refractivity contribution in [3.63, 3.8) is 0 Å². The maximum Gasteiger partial charge on any atom is 0.247 e. The number of carbonyl (C=O) groups excluding carboxylic acids is 1. The second-order valence-corrected chi connectivity index (χ2v) is 9.17. The number of aryl methyl sites for hydroxylation is 2. The van der Waals surface area contributed by atoms with Crippen molar-refractivity contribution in [3.8, 4) is 0 Å². The summed E-state index contributed by atoms with van der Waals surface area (Å²) in [4.78, 5) is 16.6. The molecule has 0 saturated carbocycles. The highest BCUT2D eigenvalue weighted by Gasteiger charge is 2.23. The van der Waals surface area contributed by atoms with Crippen molar-refractivity contribution >= 4 is 23.0 Å². The molecular formula is C32H41N3O. The fourth-order valence-corrected chi connectivity index (χ4v) is 4.93. The molecule has 3 rings (SSSR count). The second kappa shape index (κ2) is 12.4. The predicted molar refractivity (Wildman–Crippen MR) is 156 cm³/mol. The molecule has 3 aromatic carbocycles. The molecule has 0 aromatic heterocycles. The Morgan fingerprint density at radius 2 is 1.22 bits per heavy atom. The van der Waals surface area contributed by atoms with Crippen molar-refractivity contribution in [2.45, 2.75) is 47.5 Å². The Bertz CT molecular complexity index is 1110. The monoisotopic (exact) mass is 483 g/mol. The second-order valence-electron chi connectivity index (χ2n) is 9.17. The maximum atomic E-state index is 11.8. The molecule has 3 aromatic rings. The van der Waals surface area contributed by atoms with Crippen LogP contribution in [0.4, 0.5) is 17.1 Å². The van der Waals surface area contributed by atoms with Gasteiger partial charge in [0.05, 0.1) is 0 Å². The van der Waals surface area contributed by atoms with Crippen LogP contribution in [0.3, 0.4) is 0 Å². The number of hydrogen-bond acceptors (Lipinski definition) is 3. The molecule has 0 bridgehead atoms. The van der Waals surface area contributed by atoms with Crippen molar-refractivity contribution in [1.29, 1.82) is 0 Å². The molecule has 0 heterocycles. The maximum absolute atomic E-state index is 11.8. The van der Waals surface area contributed by atoms with Crippen LogP contribution >= 0.6 is 0 Å². The topological polar surface area (TPSA) is 35.6 Å². The quantitative estimate of drug-likeness (QED) is 0.230. The fourth-order valence-electron chi connectivity index (χ4n) is 4.93. The van der Waals surface area contributed by atoms with Gasteiger partial charge < -0.3 is 15.1 Å². The van der Waals surface area contributed by atoms with Gasteiger partial charge in [0.15, 0.2) is 0 Å². The molecule has 0 atom stereocenters. The van der Waals surface area contributed by atoms with E-state index in [0.717, 1.165) is 31.9 Å². The molecule has 0 saturated heterocycles. The van der Waals surface area contributed by atoms with Crippen LogP contribution < -0.4 is 15.1 Å². The number of hydrogen-bond donors (Lipinski definition) is 1. The van der Waals surface area contributed by atoms with Gasteiger partial charge in [-0.2, -0.15) is 0 Å². The van der Waals surface area contributed by atoms with E-state index < -0.39 is 0 Å². The van der Waals surface area contributed by atoms with Gasteiger partial charge in [0.2, 0.25) is 5.91 Å². The van der Waals surface area contributed by atoms with Crippen LogP contribution in [-0.2, 0) is 4.79 Å². The lowest BCUT2D eigenvalue weighted by Crippen LogP contribution is -2.23. The molecule has 0 aliphatic carbocycles. The molecular weight excluding hydrogens is 442 g/mol. The first-order chi connectivity index (χ1) is 17.4. The van der Waals surface area contributed by atoms with Gasteiger partial charge in [0.1, 0.15) is 0 Å². The van der Waals surface area contributed by atoms with Gasteiger partial charge in [-0.25, -0.2) is 0 Å². The highest BCUT2D eigenvalue weighted by atomic mass is 16.1. The van der Waals surface area contributed by atoms with Crippen LogP contribution in [0.15, 0.2) is 73.3 Å². The van der Waals surface area contributed by atoms with Crippen LogP contribution in [0.5, 0.6) is 0 Å². The van der Waals surface area contributed by atoms with Crippen molar-refractivity contribution in [3.05, 3.63) is 101 Å². The van der Waals surface area contributed by atoms with Gasteiger partial charge in [-0.3, -0.25) is 4.79 Å². The summed E-state index contributed by atoms with van der Waals surface area (Å²) in [7, 11) is 0. The van der Waals surface area contributed by atoms with Gasteiger partial charge in [-0.15, -0.1) is 0 Å². The summed E-state index contributed by atoms with van der Waals surface area (Å²) in [6.07, 6.45) is 1.29. The standard InChI is InChI=1S/C32H41N3O/c1-8-31(36)33-26-17-15-25(16-18-26)32(29-21-27(19-13-23(29)6)34(9-2)10-3)30-22-28(20-14-24(30)7)35(11-4)12-5/h8,13-22,32H,1,9-12H2,2-7H3,(H,33,36). The average Bonchev–Trinajstić information content (AvgIpc) is 2.89. The normalized spacial score (nSPS) is 10.9. The third-order valence-corrected chi connectivity index (χ3v) is 7.10. The number of rotatable bonds is 11. The summed E-state index contributed by atoms with van der Waals surface area (Å²) in [6.45, 7) is 20.7. The Balaban J connectivity index is 2.21. The Kier molecular flexibility index (Phi) is 9.35. The minimum Gasteiger partial charge on any atom is -0.372 e. The largest absolute Gasteiger partial charge is 0.372 e. The zero-order valence-electron chi connectivity index (χ0n) is 22.8. The van der Waals surface area contributed by atoms with Crippen LogP contribution in [-0.4, -0.2) is 32.1 Å². The van der Waals surface area contributed by atoms with E-state index in [2.05, 4.69) is 112 Å². The first-order valence-electron chi connectivity index (χ1n) is 13.1. The minimum absolute atomic E-state index is 0.0696. The summed E-state index contributed by atoms with van der Waals surface area (Å²) in [5, 5.41) is 2.87. The van der Waals surface area contributed by atoms with E-state index in [1.165, 1.54) is 45.3 Å². The number of amides is 1. The first kappa shape index (κ1) is 27.1. The fraction of sp³-hybridized carbons (Fsp3) is 0.344. The smallest absolute Gasteiger partial charge is 0.247 e. The first-order valence-corrected chi connectivity index (χ1v) is 13.1. The third kappa shape index (κ3) is 5.99.